The highest BCUT2D eigenvalue weighted by atomic mass is 16.3. The smallest absolute Gasteiger partial charge is 0.187 e. The molecule has 0 bridgehead atoms. The molecule has 0 saturated carbocycles. The largest absolute Gasteiger partial charge is 0.345 e. The highest BCUT2D eigenvalue weighted by Gasteiger charge is 2.27. The van der Waals surface area contributed by atoms with Crippen molar-refractivity contribution in [1.29, 1.82) is 0 Å². The predicted octanol–water partition coefficient (Wildman–Crippen LogP) is 8.23. The molecule has 0 saturated heterocycles. The lowest BCUT2D eigenvalue weighted by Gasteiger charge is -2.37. The van der Waals surface area contributed by atoms with Gasteiger partial charge in [-0.1, -0.05) is 127 Å². The zero-order chi connectivity index (χ0) is 21.9. The van der Waals surface area contributed by atoms with Crippen LogP contribution in [0.4, 0.5) is 0 Å². The summed E-state index contributed by atoms with van der Waals surface area (Å²) in [6.07, 6.45) is 22.1. The molecule has 2 atom stereocenters. The average molecular weight is 419 g/mol. The Balaban J connectivity index is 1.95. The molecule has 0 amide bonds. The molecule has 2 heteroatoms. The van der Waals surface area contributed by atoms with Crippen molar-refractivity contribution in [3.63, 3.8) is 0 Å². The summed E-state index contributed by atoms with van der Waals surface area (Å²) in [6.45, 7) is 6.21. The summed E-state index contributed by atoms with van der Waals surface area (Å²) in [6, 6.07) is 10.6. The van der Waals surface area contributed by atoms with Crippen LogP contribution in [0.1, 0.15) is 122 Å². The number of unbranched alkanes of at least 4 members (excludes halogenated alkanes) is 15. The normalized spacial score (nSPS) is 14.5. The standard InChI is InChI=1S/C28H52NO/c1-4-5-6-7-8-9-10-11-12-13-14-15-16-17-18-22-25-29(3,27(2)30)26-28-23-20-19-21-24-28/h19-21,23-24,27,30H,4-18,22,25-26H2,1-3H3/q+1. The Kier molecular flexibility index (Phi) is 16.1. The van der Waals surface area contributed by atoms with Gasteiger partial charge in [-0.25, -0.2) is 0 Å². The number of quaternary nitrogens is 1. The van der Waals surface area contributed by atoms with E-state index >= 15 is 0 Å². The topological polar surface area (TPSA) is 20.2 Å². The van der Waals surface area contributed by atoms with Crippen molar-refractivity contribution in [2.75, 3.05) is 13.6 Å². The van der Waals surface area contributed by atoms with E-state index in [1.54, 1.807) is 0 Å². The first-order chi connectivity index (χ1) is 14.6. The second-order valence-corrected chi connectivity index (χ2v) is 9.78. The minimum Gasteiger partial charge on any atom is -0.345 e. The molecule has 0 fully saturated rings. The van der Waals surface area contributed by atoms with Crippen LogP contribution >= 0.6 is 0 Å². The van der Waals surface area contributed by atoms with Gasteiger partial charge in [0.1, 0.15) is 6.54 Å². The van der Waals surface area contributed by atoms with Crippen LogP contribution in [0, 0.1) is 0 Å². The van der Waals surface area contributed by atoms with Gasteiger partial charge < -0.3 is 5.11 Å². The average Bonchev–Trinajstić information content (AvgIpc) is 2.74. The zero-order valence-corrected chi connectivity index (χ0v) is 20.6. The second kappa shape index (κ2) is 17.8. The van der Waals surface area contributed by atoms with Crippen LogP contribution in [0.25, 0.3) is 0 Å². The molecular formula is C28H52NO+. The van der Waals surface area contributed by atoms with Crippen molar-refractivity contribution in [2.45, 2.75) is 129 Å². The fourth-order valence-electron chi connectivity index (χ4n) is 4.42. The van der Waals surface area contributed by atoms with E-state index in [1.807, 2.05) is 6.92 Å². The van der Waals surface area contributed by atoms with Crippen LogP contribution < -0.4 is 0 Å². The fourth-order valence-corrected chi connectivity index (χ4v) is 4.42. The van der Waals surface area contributed by atoms with Gasteiger partial charge in [-0.05, 0) is 12.8 Å². The lowest BCUT2D eigenvalue weighted by molar-refractivity contribution is -0.964. The number of benzene rings is 1. The Morgan fingerprint density at radius 1 is 0.667 bits per heavy atom. The quantitative estimate of drug-likeness (QED) is 0.128. The Bertz CT molecular complexity index is 487. The van der Waals surface area contributed by atoms with E-state index in [0.717, 1.165) is 17.6 Å². The SMILES string of the molecule is CCCCCCCCCCCCCCCCCC[N+](C)(Cc1ccccc1)C(C)O. The van der Waals surface area contributed by atoms with E-state index in [-0.39, 0.29) is 6.23 Å². The minimum atomic E-state index is -0.318. The zero-order valence-electron chi connectivity index (χ0n) is 20.6. The summed E-state index contributed by atoms with van der Waals surface area (Å²) in [5.41, 5.74) is 1.32. The van der Waals surface area contributed by atoms with E-state index in [0.29, 0.717) is 0 Å². The molecular weight excluding hydrogens is 366 g/mol. The molecule has 1 rings (SSSR count). The molecule has 2 nitrogen and oxygen atoms in total. The Hall–Kier alpha value is -0.860. The van der Waals surface area contributed by atoms with Gasteiger partial charge in [0.15, 0.2) is 6.23 Å². The van der Waals surface area contributed by atoms with Gasteiger partial charge in [-0.3, -0.25) is 4.48 Å². The van der Waals surface area contributed by atoms with Gasteiger partial charge >= 0.3 is 0 Å². The molecule has 1 aromatic carbocycles. The second-order valence-electron chi connectivity index (χ2n) is 9.78. The molecule has 1 aromatic rings. The van der Waals surface area contributed by atoms with Gasteiger partial charge in [0.05, 0.1) is 13.6 Å². The first kappa shape index (κ1) is 27.2. The number of rotatable bonds is 20. The molecule has 0 heterocycles. The third-order valence-electron chi connectivity index (χ3n) is 6.81. The molecule has 0 aromatic heterocycles. The lowest BCUT2D eigenvalue weighted by Crippen LogP contribution is -2.50. The number of aliphatic hydroxyl groups is 1. The molecule has 1 N–H and O–H groups in total. The molecule has 0 radical (unpaired) electrons. The Labute approximate surface area is 188 Å². The van der Waals surface area contributed by atoms with E-state index < -0.39 is 0 Å². The van der Waals surface area contributed by atoms with Crippen LogP contribution in [-0.4, -0.2) is 29.4 Å². The number of nitrogens with zero attached hydrogens (tertiary/aromatic N) is 1. The Morgan fingerprint density at radius 2 is 1.07 bits per heavy atom. The number of hydrogen-bond donors (Lipinski definition) is 1. The summed E-state index contributed by atoms with van der Waals surface area (Å²) >= 11 is 0. The van der Waals surface area contributed by atoms with Crippen LogP contribution in [0.2, 0.25) is 0 Å². The minimum absolute atomic E-state index is 0.318. The highest BCUT2D eigenvalue weighted by molar-refractivity contribution is 5.13. The van der Waals surface area contributed by atoms with Crippen molar-refractivity contribution in [1.82, 2.24) is 0 Å². The third-order valence-corrected chi connectivity index (χ3v) is 6.81. The van der Waals surface area contributed by atoms with E-state index in [2.05, 4.69) is 44.3 Å². The summed E-state index contributed by atoms with van der Waals surface area (Å²) in [5, 5.41) is 10.3. The van der Waals surface area contributed by atoms with Crippen molar-refractivity contribution in [3.05, 3.63) is 35.9 Å². The van der Waals surface area contributed by atoms with E-state index in [4.69, 9.17) is 0 Å². The fraction of sp³-hybridized carbons (Fsp3) is 0.786. The van der Waals surface area contributed by atoms with Crippen molar-refractivity contribution >= 4 is 0 Å². The molecule has 2 unspecified atom stereocenters. The lowest BCUT2D eigenvalue weighted by atomic mass is 10.0. The maximum absolute atomic E-state index is 10.3. The van der Waals surface area contributed by atoms with Gasteiger partial charge in [0.2, 0.25) is 0 Å². The number of hydrogen-bond acceptors (Lipinski definition) is 1. The molecule has 0 aliphatic carbocycles. The van der Waals surface area contributed by atoms with Crippen molar-refractivity contribution < 1.29 is 9.59 Å². The van der Waals surface area contributed by atoms with Gasteiger partial charge in [-0.15, -0.1) is 0 Å². The predicted molar refractivity (Wildman–Crippen MR) is 132 cm³/mol. The molecule has 0 aliphatic rings. The summed E-state index contributed by atoms with van der Waals surface area (Å²) in [7, 11) is 2.20. The molecule has 174 valence electrons. The third kappa shape index (κ3) is 13.4. The van der Waals surface area contributed by atoms with Gasteiger partial charge in [0, 0.05) is 12.5 Å². The van der Waals surface area contributed by atoms with Crippen LogP contribution in [-0.2, 0) is 6.54 Å². The first-order valence-corrected chi connectivity index (χ1v) is 13.1. The summed E-state index contributed by atoms with van der Waals surface area (Å²) < 4.78 is 0.725. The first-order valence-electron chi connectivity index (χ1n) is 13.1. The number of aliphatic hydroxyl groups excluding tert-OH is 1. The van der Waals surface area contributed by atoms with Gasteiger partial charge in [-0.2, -0.15) is 0 Å². The van der Waals surface area contributed by atoms with Crippen molar-refractivity contribution in [3.8, 4) is 0 Å². The molecule has 0 aliphatic heterocycles. The maximum atomic E-state index is 10.3. The highest BCUT2D eigenvalue weighted by Crippen LogP contribution is 2.18. The summed E-state index contributed by atoms with van der Waals surface area (Å²) in [5.74, 6) is 0. The van der Waals surface area contributed by atoms with E-state index in [9.17, 15) is 5.11 Å². The van der Waals surface area contributed by atoms with Gasteiger partial charge in [0.25, 0.3) is 0 Å². The van der Waals surface area contributed by atoms with Crippen LogP contribution in [0.15, 0.2) is 30.3 Å². The van der Waals surface area contributed by atoms with E-state index in [1.165, 1.54) is 108 Å². The maximum Gasteiger partial charge on any atom is 0.187 e. The molecule has 0 spiro atoms. The van der Waals surface area contributed by atoms with Crippen molar-refractivity contribution in [2.24, 2.45) is 0 Å². The van der Waals surface area contributed by atoms with Crippen LogP contribution in [0.3, 0.4) is 0 Å². The Morgan fingerprint density at radius 3 is 1.47 bits per heavy atom. The summed E-state index contributed by atoms with van der Waals surface area (Å²) in [4.78, 5) is 0. The molecule has 30 heavy (non-hydrogen) atoms. The monoisotopic (exact) mass is 418 g/mol. The van der Waals surface area contributed by atoms with Crippen LogP contribution in [0.5, 0.6) is 0 Å².